The molecular weight excluding hydrogens is 364 g/mol. The molecule has 25 heavy (non-hydrogen) atoms. The number of nitrogens with zero attached hydrogens (tertiary/aromatic N) is 1. The van der Waals surface area contributed by atoms with E-state index in [0.717, 1.165) is 10.2 Å². The molecule has 0 bridgehead atoms. The lowest BCUT2D eigenvalue weighted by atomic mass is 10.2. The van der Waals surface area contributed by atoms with Gasteiger partial charge in [-0.15, -0.1) is 11.3 Å². The molecule has 0 saturated carbocycles. The first-order valence-corrected chi connectivity index (χ1v) is 8.46. The van der Waals surface area contributed by atoms with Gasteiger partial charge >= 0.3 is 5.97 Å². The molecule has 128 valence electrons. The molecule has 2 aromatic carbocycles. The normalized spacial score (nSPS) is 10.5. The van der Waals surface area contributed by atoms with Gasteiger partial charge in [-0.1, -0.05) is 11.6 Å². The Labute approximate surface area is 152 Å². The molecule has 1 aromatic heterocycles. The molecule has 8 heteroatoms. The summed E-state index contributed by atoms with van der Waals surface area (Å²) in [7, 11) is 1.50. The third kappa shape index (κ3) is 4.07. The fraction of sp³-hybridized carbons (Fsp3) is 0.118. The number of fused-ring (bicyclic) bond motifs is 1. The highest BCUT2D eigenvalue weighted by Gasteiger charge is 2.12. The zero-order chi connectivity index (χ0) is 17.8. The first-order valence-electron chi connectivity index (χ1n) is 7.20. The van der Waals surface area contributed by atoms with Crippen LogP contribution in [0.4, 0.5) is 5.69 Å². The summed E-state index contributed by atoms with van der Waals surface area (Å²) in [4.78, 5) is 28.1. The summed E-state index contributed by atoms with van der Waals surface area (Å²) in [5, 5.41) is 2.97. The number of anilines is 1. The summed E-state index contributed by atoms with van der Waals surface area (Å²) >= 11 is 7.42. The third-order valence-electron chi connectivity index (χ3n) is 3.34. The minimum Gasteiger partial charge on any atom is -0.495 e. The van der Waals surface area contributed by atoms with Crippen LogP contribution in [0.3, 0.4) is 0 Å². The zero-order valence-corrected chi connectivity index (χ0v) is 14.7. The number of hydrogen-bond acceptors (Lipinski definition) is 6. The highest BCUT2D eigenvalue weighted by Crippen LogP contribution is 2.27. The summed E-state index contributed by atoms with van der Waals surface area (Å²) < 4.78 is 11.0. The smallest absolute Gasteiger partial charge is 0.338 e. The Bertz CT molecular complexity index is 941. The SMILES string of the molecule is COc1ccc(NC(=O)COC(=O)c2ccc3ncsc3c2)cc1Cl. The summed E-state index contributed by atoms with van der Waals surface area (Å²) in [5.41, 5.74) is 3.37. The Balaban J connectivity index is 1.58. The van der Waals surface area contributed by atoms with Crippen LogP contribution in [0.1, 0.15) is 10.4 Å². The van der Waals surface area contributed by atoms with Crippen molar-refractivity contribution in [3.63, 3.8) is 0 Å². The first-order chi connectivity index (χ1) is 12.1. The second-order valence-corrected chi connectivity index (χ2v) is 6.30. The van der Waals surface area contributed by atoms with Crippen LogP contribution in [-0.2, 0) is 9.53 Å². The number of carbonyl (C=O) groups is 2. The van der Waals surface area contributed by atoms with Crippen molar-refractivity contribution in [1.82, 2.24) is 4.98 Å². The highest BCUT2D eigenvalue weighted by atomic mass is 35.5. The van der Waals surface area contributed by atoms with E-state index in [1.807, 2.05) is 0 Å². The minimum absolute atomic E-state index is 0.371. The van der Waals surface area contributed by atoms with Crippen molar-refractivity contribution in [1.29, 1.82) is 0 Å². The van der Waals surface area contributed by atoms with Gasteiger partial charge < -0.3 is 14.8 Å². The van der Waals surface area contributed by atoms with E-state index in [-0.39, 0.29) is 0 Å². The second kappa shape index (κ2) is 7.50. The van der Waals surface area contributed by atoms with Gasteiger partial charge in [0.15, 0.2) is 6.61 Å². The molecule has 0 aliphatic rings. The number of carbonyl (C=O) groups excluding carboxylic acids is 2. The number of thiazole rings is 1. The molecule has 3 rings (SSSR count). The molecule has 0 radical (unpaired) electrons. The third-order valence-corrected chi connectivity index (χ3v) is 4.42. The average molecular weight is 377 g/mol. The summed E-state index contributed by atoms with van der Waals surface area (Å²) in [6, 6.07) is 9.87. The van der Waals surface area contributed by atoms with Gasteiger partial charge in [0.25, 0.3) is 5.91 Å². The number of aromatic nitrogens is 1. The Morgan fingerprint density at radius 3 is 2.84 bits per heavy atom. The first kappa shape index (κ1) is 17.2. The van der Waals surface area contributed by atoms with Gasteiger partial charge in [0, 0.05) is 5.69 Å². The number of hydrogen-bond donors (Lipinski definition) is 1. The van der Waals surface area contributed by atoms with Crippen molar-refractivity contribution in [3.05, 3.63) is 52.5 Å². The topological polar surface area (TPSA) is 77.5 Å². The van der Waals surface area contributed by atoms with Crippen LogP contribution in [-0.4, -0.2) is 30.6 Å². The lowest BCUT2D eigenvalue weighted by molar-refractivity contribution is -0.119. The molecule has 6 nitrogen and oxygen atoms in total. The van der Waals surface area contributed by atoms with Crippen molar-refractivity contribution < 1.29 is 19.1 Å². The average Bonchev–Trinajstić information content (AvgIpc) is 3.07. The van der Waals surface area contributed by atoms with Gasteiger partial charge in [-0.3, -0.25) is 4.79 Å². The summed E-state index contributed by atoms with van der Waals surface area (Å²) in [6.07, 6.45) is 0. The van der Waals surface area contributed by atoms with E-state index in [1.54, 1.807) is 41.9 Å². The lowest BCUT2D eigenvalue weighted by Crippen LogP contribution is -2.20. The van der Waals surface area contributed by atoms with E-state index in [2.05, 4.69) is 10.3 Å². The maximum atomic E-state index is 12.0. The lowest BCUT2D eigenvalue weighted by Gasteiger charge is -2.08. The standard InChI is InChI=1S/C17H13ClN2O4S/c1-23-14-5-3-11(7-12(14)18)20-16(21)8-24-17(22)10-2-4-13-15(6-10)25-9-19-13/h2-7,9H,8H2,1H3,(H,20,21). The molecule has 1 amide bonds. The Morgan fingerprint density at radius 1 is 1.24 bits per heavy atom. The summed E-state index contributed by atoms with van der Waals surface area (Å²) in [6.45, 7) is -0.400. The van der Waals surface area contributed by atoms with Crippen molar-refractivity contribution in [3.8, 4) is 5.75 Å². The van der Waals surface area contributed by atoms with Gasteiger partial charge in [0.2, 0.25) is 0 Å². The molecule has 0 saturated heterocycles. The quantitative estimate of drug-likeness (QED) is 0.686. The van der Waals surface area contributed by atoms with Gasteiger partial charge in [-0.25, -0.2) is 9.78 Å². The largest absolute Gasteiger partial charge is 0.495 e. The van der Waals surface area contributed by atoms with Gasteiger partial charge in [0.05, 0.1) is 33.4 Å². The van der Waals surface area contributed by atoms with E-state index >= 15 is 0 Å². The van der Waals surface area contributed by atoms with Gasteiger partial charge in [0.1, 0.15) is 5.75 Å². The maximum Gasteiger partial charge on any atom is 0.338 e. The fourth-order valence-electron chi connectivity index (χ4n) is 2.14. The number of amides is 1. The van der Waals surface area contributed by atoms with Crippen molar-refractivity contribution in [2.45, 2.75) is 0 Å². The van der Waals surface area contributed by atoms with Gasteiger partial charge in [-0.2, -0.15) is 0 Å². The number of halogens is 1. The van der Waals surface area contributed by atoms with E-state index in [0.29, 0.717) is 22.0 Å². The molecule has 0 aliphatic heterocycles. The summed E-state index contributed by atoms with van der Waals surface area (Å²) in [5.74, 6) is -0.531. The molecular formula is C17H13ClN2O4S. The molecule has 1 N–H and O–H groups in total. The zero-order valence-electron chi connectivity index (χ0n) is 13.1. The highest BCUT2D eigenvalue weighted by molar-refractivity contribution is 7.16. The van der Waals surface area contributed by atoms with Crippen molar-refractivity contribution >= 4 is 50.7 Å². The number of esters is 1. The van der Waals surface area contributed by atoms with Crippen LogP contribution in [0.25, 0.3) is 10.2 Å². The number of rotatable bonds is 5. The van der Waals surface area contributed by atoms with Crippen molar-refractivity contribution in [2.24, 2.45) is 0 Å². The molecule has 0 spiro atoms. The maximum absolute atomic E-state index is 12.0. The predicted molar refractivity (Wildman–Crippen MR) is 96.5 cm³/mol. The molecule has 0 fully saturated rings. The fourth-order valence-corrected chi connectivity index (χ4v) is 3.11. The van der Waals surface area contributed by atoms with Gasteiger partial charge in [-0.05, 0) is 36.4 Å². The molecule has 3 aromatic rings. The van der Waals surface area contributed by atoms with Crippen LogP contribution in [0, 0.1) is 0 Å². The van der Waals surface area contributed by atoms with Crippen LogP contribution in [0.5, 0.6) is 5.75 Å². The van der Waals surface area contributed by atoms with E-state index < -0.39 is 18.5 Å². The molecule has 1 heterocycles. The molecule has 0 aliphatic carbocycles. The number of methoxy groups -OCH3 is 1. The number of benzene rings is 2. The van der Waals surface area contributed by atoms with Crippen LogP contribution in [0.15, 0.2) is 41.9 Å². The second-order valence-electron chi connectivity index (χ2n) is 5.01. The van der Waals surface area contributed by atoms with E-state index in [4.69, 9.17) is 21.1 Å². The Kier molecular flexibility index (Phi) is 5.16. The molecule has 0 unspecified atom stereocenters. The Morgan fingerprint density at radius 2 is 2.08 bits per heavy atom. The van der Waals surface area contributed by atoms with Crippen LogP contribution >= 0.6 is 22.9 Å². The van der Waals surface area contributed by atoms with Crippen LogP contribution in [0.2, 0.25) is 5.02 Å². The molecule has 0 atom stereocenters. The van der Waals surface area contributed by atoms with Crippen LogP contribution < -0.4 is 10.1 Å². The van der Waals surface area contributed by atoms with Crippen molar-refractivity contribution in [2.75, 3.05) is 19.0 Å². The van der Waals surface area contributed by atoms with E-state index in [9.17, 15) is 9.59 Å². The number of nitrogens with one attached hydrogen (secondary N) is 1. The number of ether oxygens (including phenoxy) is 2. The minimum atomic E-state index is -0.571. The Hall–Kier alpha value is -2.64. The predicted octanol–water partition coefficient (Wildman–Crippen LogP) is 3.75. The van der Waals surface area contributed by atoms with E-state index in [1.165, 1.54) is 18.4 Å². The monoisotopic (exact) mass is 376 g/mol.